The van der Waals surface area contributed by atoms with E-state index in [1.165, 1.54) is 12.8 Å². The van der Waals surface area contributed by atoms with Crippen LogP contribution in [0.4, 0.5) is 0 Å². The molecule has 8 aliphatic carbocycles. The number of Topliss-reactive ketones (excluding diaryl/α,β-unsaturated/α-hetero) is 1. The van der Waals surface area contributed by atoms with E-state index in [0.717, 1.165) is 57.3 Å². The highest BCUT2D eigenvalue weighted by Gasteiger charge is 2.54. The number of rotatable bonds is 0. The van der Waals surface area contributed by atoms with E-state index in [1.807, 2.05) is 0 Å². The Bertz CT molecular complexity index is 527. The monoisotopic (exact) mass is 333 g/mol. The van der Waals surface area contributed by atoms with Crippen LogP contribution < -0.4 is 5.73 Å². The Morgan fingerprint density at radius 1 is 0.750 bits per heavy atom. The summed E-state index contributed by atoms with van der Waals surface area (Å²) < 4.78 is 0. The first kappa shape index (κ1) is 15.8. The molecule has 8 bridgehead atoms. The Kier molecular flexibility index (Phi) is 3.32. The first-order valence-electron chi connectivity index (χ1n) is 10.1. The standard InChI is InChI=1S/C10H17NO.C10H14O2/c2*11-9-7-1-6-2-8(9)5-10(12,3-6)4-7/h6-9,12H,1-5,11H2;6-8,12H,1-5H2. The van der Waals surface area contributed by atoms with Gasteiger partial charge in [0.1, 0.15) is 5.78 Å². The van der Waals surface area contributed by atoms with Gasteiger partial charge in [-0.2, -0.15) is 0 Å². The maximum Gasteiger partial charge on any atom is 0.139 e. The lowest BCUT2D eigenvalue weighted by molar-refractivity contribution is -0.161. The maximum atomic E-state index is 11.6. The van der Waals surface area contributed by atoms with E-state index in [1.54, 1.807) is 0 Å². The third kappa shape index (κ3) is 2.40. The fourth-order valence-electron chi connectivity index (χ4n) is 7.73. The molecular formula is C20H31NO3. The lowest BCUT2D eigenvalue weighted by atomic mass is 9.52. The number of hydrogen-bond donors (Lipinski definition) is 3. The van der Waals surface area contributed by atoms with E-state index < -0.39 is 5.60 Å². The second kappa shape index (κ2) is 5.05. The summed E-state index contributed by atoms with van der Waals surface area (Å²) in [6, 6.07) is 0.404. The predicted molar refractivity (Wildman–Crippen MR) is 90.0 cm³/mol. The topological polar surface area (TPSA) is 83.5 Å². The molecule has 134 valence electrons. The van der Waals surface area contributed by atoms with Crippen molar-refractivity contribution in [1.29, 1.82) is 0 Å². The summed E-state index contributed by atoms with van der Waals surface area (Å²) in [5, 5.41) is 20.2. The quantitative estimate of drug-likeness (QED) is 0.633. The molecule has 8 saturated carbocycles. The molecule has 8 fully saturated rings. The van der Waals surface area contributed by atoms with E-state index in [4.69, 9.17) is 5.73 Å². The van der Waals surface area contributed by atoms with Crippen molar-refractivity contribution in [1.82, 2.24) is 0 Å². The van der Waals surface area contributed by atoms with Gasteiger partial charge in [-0.3, -0.25) is 4.79 Å². The number of carbonyl (C=O) groups excluding carboxylic acids is 1. The summed E-state index contributed by atoms with van der Waals surface area (Å²) >= 11 is 0. The van der Waals surface area contributed by atoms with Crippen LogP contribution in [0.25, 0.3) is 0 Å². The normalized spacial score (nSPS) is 59.5. The van der Waals surface area contributed by atoms with Crippen LogP contribution in [0, 0.1) is 35.5 Å². The highest BCUT2D eigenvalue weighted by molar-refractivity contribution is 5.85. The second-order valence-corrected chi connectivity index (χ2v) is 10.2. The fraction of sp³-hybridized carbons (Fsp3) is 0.950. The Labute approximate surface area is 144 Å². The number of aliphatic hydroxyl groups is 2. The van der Waals surface area contributed by atoms with Gasteiger partial charge < -0.3 is 15.9 Å². The molecule has 0 aliphatic heterocycles. The second-order valence-electron chi connectivity index (χ2n) is 10.2. The predicted octanol–water partition coefficient (Wildman–Crippen LogP) is 2.01. The van der Waals surface area contributed by atoms with Crippen molar-refractivity contribution in [3.05, 3.63) is 0 Å². The largest absolute Gasteiger partial charge is 0.390 e. The zero-order valence-electron chi connectivity index (χ0n) is 14.5. The minimum atomic E-state index is -0.440. The molecule has 0 spiro atoms. The van der Waals surface area contributed by atoms with Gasteiger partial charge in [-0.1, -0.05) is 0 Å². The Hall–Kier alpha value is -0.450. The maximum absolute atomic E-state index is 11.6. The lowest BCUT2D eigenvalue weighted by Crippen LogP contribution is -2.59. The van der Waals surface area contributed by atoms with Crippen molar-refractivity contribution >= 4 is 5.78 Å². The first-order valence-corrected chi connectivity index (χ1v) is 10.1. The zero-order chi connectivity index (χ0) is 16.7. The molecule has 0 radical (unpaired) electrons. The molecule has 4 N–H and O–H groups in total. The molecule has 24 heavy (non-hydrogen) atoms. The van der Waals surface area contributed by atoms with E-state index >= 15 is 0 Å². The van der Waals surface area contributed by atoms with Gasteiger partial charge in [0.05, 0.1) is 11.2 Å². The molecule has 4 heteroatoms. The van der Waals surface area contributed by atoms with Gasteiger partial charge >= 0.3 is 0 Å². The summed E-state index contributed by atoms with van der Waals surface area (Å²) in [4.78, 5) is 11.6. The van der Waals surface area contributed by atoms with Crippen molar-refractivity contribution in [3.63, 3.8) is 0 Å². The van der Waals surface area contributed by atoms with Crippen molar-refractivity contribution in [2.45, 2.75) is 81.5 Å². The van der Waals surface area contributed by atoms with Gasteiger partial charge in [0, 0.05) is 17.9 Å². The van der Waals surface area contributed by atoms with Crippen LogP contribution in [0.3, 0.4) is 0 Å². The SMILES string of the molecule is NC1C2CC3CC1CC(O)(C3)C2.O=C1C2CC3CC1CC(O)(C3)C2. The van der Waals surface area contributed by atoms with Gasteiger partial charge in [-0.05, 0) is 87.9 Å². The van der Waals surface area contributed by atoms with Crippen LogP contribution in [-0.2, 0) is 4.79 Å². The van der Waals surface area contributed by atoms with Crippen molar-refractivity contribution in [2.24, 2.45) is 41.2 Å². The Morgan fingerprint density at radius 3 is 1.67 bits per heavy atom. The highest BCUT2D eigenvalue weighted by Crippen LogP contribution is 2.55. The van der Waals surface area contributed by atoms with Crippen molar-refractivity contribution < 1.29 is 15.0 Å². The summed E-state index contributed by atoms with van der Waals surface area (Å²) in [5.41, 5.74) is 5.38. The van der Waals surface area contributed by atoms with Gasteiger partial charge in [-0.25, -0.2) is 0 Å². The third-order valence-corrected chi connectivity index (χ3v) is 8.28. The van der Waals surface area contributed by atoms with E-state index in [0.29, 0.717) is 29.6 Å². The molecule has 4 nitrogen and oxygen atoms in total. The van der Waals surface area contributed by atoms with Crippen LogP contribution in [0.1, 0.15) is 64.2 Å². The average Bonchev–Trinajstić information content (AvgIpc) is 2.47. The molecule has 0 aromatic carbocycles. The summed E-state index contributed by atoms with van der Waals surface area (Å²) in [5.74, 6) is 3.64. The minimum absolute atomic E-state index is 0.223. The van der Waals surface area contributed by atoms with E-state index in [9.17, 15) is 15.0 Å². The first-order chi connectivity index (χ1) is 11.3. The number of hydrogen-bond acceptors (Lipinski definition) is 4. The van der Waals surface area contributed by atoms with Crippen LogP contribution in [0.2, 0.25) is 0 Å². The molecule has 0 aromatic heterocycles. The molecule has 8 rings (SSSR count). The van der Waals surface area contributed by atoms with Crippen LogP contribution in [-0.4, -0.2) is 33.2 Å². The van der Waals surface area contributed by atoms with Crippen LogP contribution in [0.5, 0.6) is 0 Å². The van der Waals surface area contributed by atoms with Crippen molar-refractivity contribution in [3.8, 4) is 0 Å². The van der Waals surface area contributed by atoms with Gasteiger partial charge in [0.25, 0.3) is 0 Å². The molecule has 8 aliphatic rings. The molecule has 0 heterocycles. The lowest BCUT2D eigenvalue weighted by Gasteiger charge is -2.57. The number of nitrogens with two attached hydrogens (primary N) is 1. The molecule has 4 atom stereocenters. The molecule has 4 unspecified atom stereocenters. The van der Waals surface area contributed by atoms with Gasteiger partial charge in [0.2, 0.25) is 0 Å². The van der Waals surface area contributed by atoms with Gasteiger partial charge in [-0.15, -0.1) is 0 Å². The zero-order valence-corrected chi connectivity index (χ0v) is 14.5. The van der Waals surface area contributed by atoms with Gasteiger partial charge in [0.15, 0.2) is 0 Å². The number of carbonyl (C=O) groups is 1. The third-order valence-electron chi connectivity index (χ3n) is 8.28. The molecule has 0 saturated heterocycles. The van der Waals surface area contributed by atoms with E-state index in [2.05, 4.69) is 0 Å². The number of ketones is 1. The smallest absolute Gasteiger partial charge is 0.139 e. The fourth-order valence-corrected chi connectivity index (χ4v) is 7.73. The highest BCUT2D eigenvalue weighted by atomic mass is 16.3. The summed E-state index contributed by atoms with van der Waals surface area (Å²) in [6.07, 6.45) is 10.2. The molecule has 0 amide bonds. The summed E-state index contributed by atoms with van der Waals surface area (Å²) in [6.45, 7) is 0. The Balaban J connectivity index is 0.000000109. The molecular weight excluding hydrogens is 302 g/mol. The van der Waals surface area contributed by atoms with E-state index in [-0.39, 0.29) is 17.4 Å². The summed E-state index contributed by atoms with van der Waals surface area (Å²) in [7, 11) is 0. The molecule has 0 aromatic rings. The van der Waals surface area contributed by atoms with Crippen molar-refractivity contribution in [2.75, 3.05) is 0 Å². The minimum Gasteiger partial charge on any atom is -0.390 e. The van der Waals surface area contributed by atoms with Crippen LogP contribution in [0.15, 0.2) is 0 Å². The van der Waals surface area contributed by atoms with Crippen LogP contribution >= 0.6 is 0 Å². The average molecular weight is 333 g/mol. The Morgan fingerprint density at radius 2 is 1.21 bits per heavy atom.